The van der Waals surface area contributed by atoms with Crippen LogP contribution in [0.5, 0.6) is 5.75 Å². The van der Waals surface area contributed by atoms with Crippen LogP contribution in [0.25, 0.3) is 0 Å². The van der Waals surface area contributed by atoms with Gasteiger partial charge in [-0.3, -0.25) is 0 Å². The molecule has 20 heavy (non-hydrogen) atoms. The average Bonchev–Trinajstić information content (AvgIpc) is 2.98. The molecule has 1 aliphatic rings. The second-order valence-corrected chi connectivity index (χ2v) is 5.85. The summed E-state index contributed by atoms with van der Waals surface area (Å²) in [7, 11) is 3.48. The Hall–Kier alpha value is -1.09. The summed E-state index contributed by atoms with van der Waals surface area (Å²) in [5.74, 6) is 1.02. The van der Waals surface area contributed by atoms with Crippen LogP contribution < -0.4 is 10.1 Å². The third kappa shape index (κ3) is 3.95. The molecule has 1 aliphatic carbocycles. The average molecular weight is 279 g/mol. The summed E-state index contributed by atoms with van der Waals surface area (Å²) in [6, 6.07) is 5.74. The summed E-state index contributed by atoms with van der Waals surface area (Å²) >= 11 is 0. The molecule has 1 aromatic rings. The van der Waals surface area contributed by atoms with E-state index in [0.29, 0.717) is 11.8 Å². The Kier molecular flexibility index (Phi) is 5.84. The molecular formula is C17H26FNO. The molecule has 0 bridgehead atoms. The van der Waals surface area contributed by atoms with E-state index < -0.39 is 0 Å². The van der Waals surface area contributed by atoms with Gasteiger partial charge in [0.1, 0.15) is 0 Å². The maximum atomic E-state index is 14.2. The second-order valence-electron chi connectivity index (χ2n) is 5.85. The van der Waals surface area contributed by atoms with Gasteiger partial charge < -0.3 is 10.1 Å². The first-order chi connectivity index (χ1) is 9.74. The molecule has 0 aliphatic heterocycles. The Morgan fingerprint density at radius 3 is 2.75 bits per heavy atom. The van der Waals surface area contributed by atoms with Crippen molar-refractivity contribution in [3.63, 3.8) is 0 Å². The van der Waals surface area contributed by atoms with Gasteiger partial charge in [-0.1, -0.05) is 37.8 Å². The summed E-state index contributed by atoms with van der Waals surface area (Å²) < 4.78 is 19.2. The first-order valence-corrected chi connectivity index (χ1v) is 7.73. The van der Waals surface area contributed by atoms with Gasteiger partial charge in [0.05, 0.1) is 7.11 Å². The van der Waals surface area contributed by atoms with Gasteiger partial charge in [0.2, 0.25) is 0 Å². The van der Waals surface area contributed by atoms with Crippen molar-refractivity contribution >= 4 is 0 Å². The van der Waals surface area contributed by atoms with Gasteiger partial charge in [-0.25, -0.2) is 4.39 Å². The summed E-state index contributed by atoms with van der Waals surface area (Å²) in [6.07, 6.45) is 8.65. The molecule has 0 radical (unpaired) electrons. The lowest BCUT2D eigenvalue weighted by molar-refractivity contribution is 0.379. The van der Waals surface area contributed by atoms with Crippen molar-refractivity contribution in [1.29, 1.82) is 0 Å². The van der Waals surface area contributed by atoms with Crippen molar-refractivity contribution in [2.75, 3.05) is 14.2 Å². The molecule has 0 heterocycles. The van der Waals surface area contributed by atoms with Crippen molar-refractivity contribution in [2.45, 2.75) is 51.0 Å². The van der Waals surface area contributed by atoms with E-state index in [0.717, 1.165) is 24.3 Å². The van der Waals surface area contributed by atoms with Crippen LogP contribution in [0.1, 0.15) is 44.1 Å². The molecule has 0 aromatic heterocycles. The molecule has 0 amide bonds. The first-order valence-electron chi connectivity index (χ1n) is 7.73. The van der Waals surface area contributed by atoms with Crippen LogP contribution in [-0.2, 0) is 6.42 Å². The standard InChI is InChI=1S/C17H26FNO/c1-19-15(11-10-13-6-3-4-7-13)12-14-8-5-9-16(20-2)17(14)18/h5,8-9,13,15,19H,3-4,6-7,10-12H2,1-2H3. The van der Waals surface area contributed by atoms with Crippen molar-refractivity contribution in [3.05, 3.63) is 29.6 Å². The van der Waals surface area contributed by atoms with Crippen LogP contribution in [-0.4, -0.2) is 20.2 Å². The quantitative estimate of drug-likeness (QED) is 0.816. The SMILES string of the molecule is CNC(CCC1CCCC1)Cc1cccc(OC)c1F. The highest BCUT2D eigenvalue weighted by atomic mass is 19.1. The van der Waals surface area contributed by atoms with Crippen LogP contribution in [0.4, 0.5) is 4.39 Å². The normalized spacial score (nSPS) is 17.4. The number of likely N-dealkylation sites (N-methyl/N-ethyl adjacent to an activating group) is 1. The largest absolute Gasteiger partial charge is 0.494 e. The fourth-order valence-electron chi connectivity index (χ4n) is 3.22. The lowest BCUT2D eigenvalue weighted by Gasteiger charge is -2.19. The summed E-state index contributed by atoms with van der Waals surface area (Å²) in [5, 5.41) is 3.33. The van der Waals surface area contributed by atoms with Crippen molar-refractivity contribution in [2.24, 2.45) is 5.92 Å². The zero-order valence-electron chi connectivity index (χ0n) is 12.6. The molecule has 1 unspecified atom stereocenters. The fraction of sp³-hybridized carbons (Fsp3) is 0.647. The lowest BCUT2D eigenvalue weighted by Crippen LogP contribution is -2.28. The topological polar surface area (TPSA) is 21.3 Å². The first kappa shape index (κ1) is 15.3. The van der Waals surface area contributed by atoms with Crippen LogP contribution in [0.3, 0.4) is 0 Å². The molecule has 3 heteroatoms. The van der Waals surface area contributed by atoms with Gasteiger partial charge in [0.15, 0.2) is 11.6 Å². The molecular weight excluding hydrogens is 253 g/mol. The van der Waals surface area contributed by atoms with E-state index in [4.69, 9.17) is 4.74 Å². The van der Waals surface area contributed by atoms with E-state index in [9.17, 15) is 4.39 Å². The predicted octanol–water partition coefficient (Wildman–Crippen LogP) is 3.94. The van der Waals surface area contributed by atoms with E-state index in [1.54, 1.807) is 6.07 Å². The number of hydrogen-bond donors (Lipinski definition) is 1. The Bertz CT molecular complexity index is 415. The molecule has 1 fully saturated rings. The summed E-state index contributed by atoms with van der Waals surface area (Å²) in [4.78, 5) is 0. The van der Waals surface area contributed by atoms with Gasteiger partial charge in [0, 0.05) is 6.04 Å². The van der Waals surface area contributed by atoms with E-state index in [-0.39, 0.29) is 5.82 Å². The molecule has 112 valence electrons. The smallest absolute Gasteiger partial charge is 0.168 e. The second kappa shape index (κ2) is 7.63. The molecule has 1 N–H and O–H groups in total. The minimum atomic E-state index is -0.212. The van der Waals surface area contributed by atoms with E-state index in [1.807, 2.05) is 19.2 Å². The highest BCUT2D eigenvalue weighted by molar-refractivity contribution is 5.31. The lowest BCUT2D eigenvalue weighted by atomic mass is 9.95. The van der Waals surface area contributed by atoms with Crippen LogP contribution in [0.2, 0.25) is 0 Å². The van der Waals surface area contributed by atoms with Gasteiger partial charge in [-0.15, -0.1) is 0 Å². The number of rotatable bonds is 7. The number of methoxy groups -OCH3 is 1. The van der Waals surface area contributed by atoms with Gasteiger partial charge >= 0.3 is 0 Å². The fourth-order valence-corrected chi connectivity index (χ4v) is 3.22. The number of halogens is 1. The molecule has 0 saturated heterocycles. The maximum Gasteiger partial charge on any atom is 0.168 e. The molecule has 1 atom stereocenters. The zero-order valence-corrected chi connectivity index (χ0v) is 12.6. The van der Waals surface area contributed by atoms with Gasteiger partial charge in [-0.05, 0) is 43.9 Å². The maximum absolute atomic E-state index is 14.2. The number of benzene rings is 1. The monoisotopic (exact) mass is 279 g/mol. The summed E-state index contributed by atoms with van der Waals surface area (Å²) in [5.41, 5.74) is 0.745. The van der Waals surface area contributed by atoms with Crippen LogP contribution in [0, 0.1) is 11.7 Å². The van der Waals surface area contributed by atoms with Gasteiger partial charge in [0.25, 0.3) is 0 Å². The minimum absolute atomic E-state index is 0.212. The van der Waals surface area contributed by atoms with Crippen LogP contribution in [0.15, 0.2) is 18.2 Å². The Morgan fingerprint density at radius 1 is 1.35 bits per heavy atom. The van der Waals surface area contributed by atoms with E-state index in [2.05, 4.69) is 5.32 Å². The summed E-state index contributed by atoms with van der Waals surface area (Å²) in [6.45, 7) is 0. The van der Waals surface area contributed by atoms with Crippen molar-refractivity contribution < 1.29 is 9.13 Å². The highest BCUT2D eigenvalue weighted by Gasteiger charge is 2.18. The third-order valence-electron chi connectivity index (χ3n) is 4.54. The molecule has 0 spiro atoms. The van der Waals surface area contributed by atoms with E-state index >= 15 is 0 Å². The Balaban J connectivity index is 1.91. The zero-order chi connectivity index (χ0) is 14.4. The highest BCUT2D eigenvalue weighted by Crippen LogP contribution is 2.29. The number of nitrogens with one attached hydrogen (secondary N) is 1. The molecule has 2 nitrogen and oxygen atoms in total. The third-order valence-corrected chi connectivity index (χ3v) is 4.54. The van der Waals surface area contributed by atoms with Crippen LogP contribution >= 0.6 is 0 Å². The minimum Gasteiger partial charge on any atom is -0.494 e. The van der Waals surface area contributed by atoms with Crippen molar-refractivity contribution in [3.8, 4) is 5.75 Å². The predicted molar refractivity (Wildman–Crippen MR) is 80.7 cm³/mol. The van der Waals surface area contributed by atoms with Crippen molar-refractivity contribution in [1.82, 2.24) is 5.32 Å². The van der Waals surface area contributed by atoms with E-state index in [1.165, 1.54) is 39.2 Å². The molecule has 1 aromatic carbocycles. The Morgan fingerprint density at radius 2 is 2.10 bits per heavy atom. The molecule has 2 rings (SSSR count). The van der Waals surface area contributed by atoms with Gasteiger partial charge in [-0.2, -0.15) is 0 Å². The molecule has 1 saturated carbocycles. The Labute approximate surface area is 121 Å². The number of hydrogen-bond acceptors (Lipinski definition) is 2. The number of ether oxygens (including phenoxy) is 1.